The summed E-state index contributed by atoms with van der Waals surface area (Å²) in [5.74, 6) is -0.198. The molecule has 0 radical (unpaired) electrons. The summed E-state index contributed by atoms with van der Waals surface area (Å²) in [6, 6.07) is 8.14. The molecule has 6 nitrogen and oxygen atoms in total. The number of rotatable bonds is 5. The molecule has 0 unspecified atom stereocenters. The topological polar surface area (TPSA) is 83.6 Å². The van der Waals surface area contributed by atoms with Crippen LogP contribution in [0.5, 0.6) is 0 Å². The SMILES string of the molecule is Cc1c(C#N)c(NC(=O)CSc2nncs2)n(-c2cccc(F)c2)c1C. The van der Waals surface area contributed by atoms with Gasteiger partial charge in [0.1, 0.15) is 23.2 Å². The zero-order valence-corrected chi connectivity index (χ0v) is 15.6. The van der Waals surface area contributed by atoms with Crippen molar-refractivity contribution in [2.75, 3.05) is 11.1 Å². The number of carbonyl (C=O) groups is 1. The summed E-state index contributed by atoms with van der Waals surface area (Å²) in [6.07, 6.45) is 0. The first-order valence-electron chi connectivity index (χ1n) is 7.58. The third-order valence-corrected chi connectivity index (χ3v) is 5.68. The van der Waals surface area contributed by atoms with E-state index in [1.807, 2.05) is 6.92 Å². The Kier molecular flexibility index (Phi) is 5.35. The van der Waals surface area contributed by atoms with Crippen molar-refractivity contribution in [3.8, 4) is 11.8 Å². The molecule has 9 heteroatoms. The van der Waals surface area contributed by atoms with E-state index in [9.17, 15) is 14.4 Å². The summed E-state index contributed by atoms with van der Waals surface area (Å²) < 4.78 is 16.0. The summed E-state index contributed by atoms with van der Waals surface area (Å²) in [6.45, 7) is 3.63. The van der Waals surface area contributed by atoms with E-state index >= 15 is 0 Å². The number of hydrogen-bond donors (Lipinski definition) is 1. The van der Waals surface area contributed by atoms with Gasteiger partial charge in [0.15, 0.2) is 4.34 Å². The van der Waals surface area contributed by atoms with Crippen molar-refractivity contribution in [3.05, 3.63) is 52.4 Å². The highest BCUT2D eigenvalue weighted by Gasteiger charge is 2.21. The molecule has 0 atom stereocenters. The number of benzene rings is 1. The summed E-state index contributed by atoms with van der Waals surface area (Å²) in [7, 11) is 0. The summed E-state index contributed by atoms with van der Waals surface area (Å²) in [5, 5.41) is 19.9. The first kappa shape index (κ1) is 18.1. The quantitative estimate of drug-likeness (QED) is 0.675. The zero-order chi connectivity index (χ0) is 18.7. The van der Waals surface area contributed by atoms with Crippen LogP contribution in [-0.4, -0.2) is 26.4 Å². The molecule has 0 aliphatic rings. The van der Waals surface area contributed by atoms with Crippen LogP contribution in [0.4, 0.5) is 10.2 Å². The molecule has 3 aromatic rings. The molecule has 0 spiro atoms. The van der Waals surface area contributed by atoms with E-state index in [0.717, 1.165) is 11.3 Å². The van der Waals surface area contributed by atoms with Crippen LogP contribution in [0.3, 0.4) is 0 Å². The number of thioether (sulfide) groups is 1. The Morgan fingerprint density at radius 3 is 2.92 bits per heavy atom. The van der Waals surface area contributed by atoms with Gasteiger partial charge in [-0.15, -0.1) is 10.2 Å². The molecule has 0 bridgehead atoms. The normalized spacial score (nSPS) is 10.5. The van der Waals surface area contributed by atoms with Crippen LogP contribution in [-0.2, 0) is 4.79 Å². The minimum atomic E-state index is -0.393. The van der Waals surface area contributed by atoms with Crippen molar-refractivity contribution in [1.82, 2.24) is 14.8 Å². The number of nitrogens with zero attached hydrogens (tertiary/aromatic N) is 4. The van der Waals surface area contributed by atoms with E-state index in [-0.39, 0.29) is 11.7 Å². The number of aromatic nitrogens is 3. The first-order valence-corrected chi connectivity index (χ1v) is 9.44. The van der Waals surface area contributed by atoms with Gasteiger partial charge in [-0.05, 0) is 37.6 Å². The van der Waals surface area contributed by atoms with Crippen molar-refractivity contribution in [1.29, 1.82) is 5.26 Å². The summed E-state index contributed by atoms with van der Waals surface area (Å²) >= 11 is 2.61. The lowest BCUT2D eigenvalue weighted by molar-refractivity contribution is -0.113. The lowest BCUT2D eigenvalue weighted by Gasteiger charge is -2.13. The third-order valence-electron chi connectivity index (χ3n) is 3.82. The fourth-order valence-electron chi connectivity index (χ4n) is 2.52. The number of carbonyl (C=O) groups excluding carboxylic acids is 1. The second kappa shape index (κ2) is 7.68. The number of hydrogen-bond acceptors (Lipinski definition) is 6. The van der Waals surface area contributed by atoms with Gasteiger partial charge in [-0.2, -0.15) is 5.26 Å². The molecule has 2 aromatic heterocycles. The van der Waals surface area contributed by atoms with Crippen molar-refractivity contribution in [2.24, 2.45) is 0 Å². The Labute approximate surface area is 157 Å². The van der Waals surface area contributed by atoms with Crippen LogP contribution >= 0.6 is 23.1 Å². The van der Waals surface area contributed by atoms with Gasteiger partial charge in [-0.1, -0.05) is 29.2 Å². The van der Waals surface area contributed by atoms with E-state index in [4.69, 9.17) is 0 Å². The average molecular weight is 387 g/mol. The number of nitrogens with one attached hydrogen (secondary N) is 1. The highest BCUT2D eigenvalue weighted by atomic mass is 32.2. The Bertz CT molecular complexity index is 991. The summed E-state index contributed by atoms with van der Waals surface area (Å²) in [5.41, 5.74) is 4.00. The molecule has 3 rings (SSSR count). The third kappa shape index (κ3) is 3.61. The second-order valence-corrected chi connectivity index (χ2v) is 7.46. The molecule has 0 aliphatic heterocycles. The second-order valence-electron chi connectivity index (χ2n) is 5.40. The molecule has 1 amide bonds. The van der Waals surface area contributed by atoms with Crippen LogP contribution in [0, 0.1) is 31.0 Å². The van der Waals surface area contributed by atoms with Crippen molar-refractivity contribution in [2.45, 2.75) is 18.2 Å². The smallest absolute Gasteiger partial charge is 0.235 e. The Balaban J connectivity index is 1.93. The zero-order valence-electron chi connectivity index (χ0n) is 14.0. The lowest BCUT2D eigenvalue weighted by atomic mass is 10.2. The predicted octanol–water partition coefficient (Wildman–Crippen LogP) is 3.69. The Hall–Kier alpha value is -2.70. The molecular formula is C17H14FN5OS2. The van der Waals surface area contributed by atoms with Crippen LogP contribution in [0.25, 0.3) is 5.69 Å². The van der Waals surface area contributed by atoms with Gasteiger partial charge in [-0.25, -0.2) is 4.39 Å². The first-order chi connectivity index (χ1) is 12.5. The number of amides is 1. The summed E-state index contributed by atoms with van der Waals surface area (Å²) in [4.78, 5) is 12.4. The van der Waals surface area contributed by atoms with E-state index < -0.39 is 5.82 Å². The van der Waals surface area contributed by atoms with Gasteiger partial charge in [0.05, 0.1) is 17.0 Å². The maximum atomic E-state index is 13.7. The van der Waals surface area contributed by atoms with Gasteiger partial charge < -0.3 is 5.32 Å². The van der Waals surface area contributed by atoms with Gasteiger partial charge >= 0.3 is 0 Å². The average Bonchev–Trinajstić information content (AvgIpc) is 3.21. The molecule has 0 aliphatic carbocycles. The molecule has 0 saturated carbocycles. The highest BCUT2D eigenvalue weighted by Crippen LogP contribution is 2.30. The van der Waals surface area contributed by atoms with Crippen molar-refractivity contribution >= 4 is 34.8 Å². The monoisotopic (exact) mass is 387 g/mol. The van der Waals surface area contributed by atoms with Crippen molar-refractivity contribution in [3.63, 3.8) is 0 Å². The minimum absolute atomic E-state index is 0.131. The van der Waals surface area contributed by atoms with Crippen LogP contribution in [0.1, 0.15) is 16.8 Å². The van der Waals surface area contributed by atoms with E-state index in [1.54, 1.807) is 29.1 Å². The van der Waals surface area contributed by atoms with Crippen LogP contribution in [0.2, 0.25) is 0 Å². The number of nitriles is 1. The fourth-order valence-corrected chi connectivity index (χ4v) is 3.81. The van der Waals surface area contributed by atoms with E-state index in [2.05, 4.69) is 21.6 Å². The standard InChI is InChI=1S/C17H14FN5OS2/c1-10-11(2)23(13-5-3-4-12(18)6-13)16(14(10)7-19)21-15(24)8-25-17-22-20-9-26-17/h3-6,9H,8H2,1-2H3,(H,21,24). The minimum Gasteiger partial charge on any atom is -0.310 e. The molecule has 1 N–H and O–H groups in total. The molecule has 2 heterocycles. The van der Waals surface area contributed by atoms with Gasteiger partial charge in [-0.3, -0.25) is 9.36 Å². The van der Waals surface area contributed by atoms with Crippen LogP contribution in [0.15, 0.2) is 34.1 Å². The maximum absolute atomic E-state index is 13.7. The van der Waals surface area contributed by atoms with Gasteiger partial charge in [0.25, 0.3) is 0 Å². The predicted molar refractivity (Wildman–Crippen MR) is 99.2 cm³/mol. The number of halogens is 1. The van der Waals surface area contributed by atoms with Gasteiger partial charge in [0, 0.05) is 5.69 Å². The molecule has 0 fully saturated rings. The van der Waals surface area contributed by atoms with E-state index in [1.165, 1.54) is 35.2 Å². The molecule has 26 heavy (non-hydrogen) atoms. The lowest BCUT2D eigenvalue weighted by Crippen LogP contribution is -2.17. The van der Waals surface area contributed by atoms with Crippen LogP contribution < -0.4 is 5.32 Å². The van der Waals surface area contributed by atoms with E-state index in [0.29, 0.717) is 21.4 Å². The number of anilines is 1. The Morgan fingerprint density at radius 2 is 2.27 bits per heavy atom. The molecule has 132 valence electrons. The fraction of sp³-hybridized carbons (Fsp3) is 0.176. The van der Waals surface area contributed by atoms with Gasteiger partial charge in [0.2, 0.25) is 5.91 Å². The molecular weight excluding hydrogens is 373 g/mol. The Morgan fingerprint density at radius 1 is 1.46 bits per heavy atom. The van der Waals surface area contributed by atoms with Crippen molar-refractivity contribution < 1.29 is 9.18 Å². The molecule has 0 saturated heterocycles. The largest absolute Gasteiger partial charge is 0.310 e. The molecule has 1 aromatic carbocycles. The maximum Gasteiger partial charge on any atom is 0.235 e. The highest BCUT2D eigenvalue weighted by molar-refractivity contribution is 8.01.